The van der Waals surface area contributed by atoms with Crippen LogP contribution in [0.15, 0.2) is 6.33 Å². The van der Waals surface area contributed by atoms with Gasteiger partial charge in [-0.25, -0.2) is 18.4 Å². The Labute approximate surface area is 137 Å². The summed E-state index contributed by atoms with van der Waals surface area (Å²) in [6.45, 7) is 1.37. The quantitative estimate of drug-likeness (QED) is 0.824. The molecule has 0 spiro atoms. The third-order valence-corrected chi connectivity index (χ3v) is 5.46. The smallest absolute Gasteiger partial charge is 0.257 e. The largest absolute Gasteiger partial charge is 0.293 e. The lowest BCUT2D eigenvalue weighted by Gasteiger charge is -2.37. The lowest BCUT2D eigenvalue weighted by molar-refractivity contribution is 0.0986. The Bertz CT molecular complexity index is 471. The molecular weight excluding hydrogens is 298 g/mol. The van der Waals surface area contributed by atoms with Crippen molar-refractivity contribution in [3.05, 3.63) is 12.2 Å². The van der Waals surface area contributed by atoms with Crippen LogP contribution in [0, 0.1) is 5.92 Å². The van der Waals surface area contributed by atoms with Gasteiger partial charge in [0.15, 0.2) is 0 Å². The minimum atomic E-state index is -2.38. The van der Waals surface area contributed by atoms with Gasteiger partial charge in [0.25, 0.3) is 6.43 Å². The number of aromatic nitrogens is 3. The number of halogens is 2. The SMILES string of the molecule is FC(F)Cn1ncnc1CN1CCCCC[C@H]1C1CCCCC1. The van der Waals surface area contributed by atoms with Crippen molar-refractivity contribution < 1.29 is 8.78 Å². The van der Waals surface area contributed by atoms with Crippen molar-refractivity contribution in [2.75, 3.05) is 6.54 Å². The second kappa shape index (κ2) is 8.18. The second-order valence-corrected chi connectivity index (χ2v) is 7.03. The first-order valence-corrected chi connectivity index (χ1v) is 9.13. The molecule has 3 rings (SSSR count). The third kappa shape index (κ3) is 4.49. The van der Waals surface area contributed by atoms with Crippen LogP contribution in [0.25, 0.3) is 0 Å². The Kier molecular flexibility index (Phi) is 5.97. The summed E-state index contributed by atoms with van der Waals surface area (Å²) in [6, 6.07) is 0.592. The zero-order valence-corrected chi connectivity index (χ0v) is 13.8. The summed E-state index contributed by atoms with van der Waals surface area (Å²) in [5, 5.41) is 3.98. The van der Waals surface area contributed by atoms with Gasteiger partial charge in [-0.05, 0) is 38.1 Å². The van der Waals surface area contributed by atoms with Gasteiger partial charge in [0, 0.05) is 6.04 Å². The summed E-state index contributed by atoms with van der Waals surface area (Å²) in [5.41, 5.74) is 0. The molecule has 2 heterocycles. The van der Waals surface area contributed by atoms with Crippen LogP contribution in [0.4, 0.5) is 8.78 Å². The molecule has 6 heteroatoms. The lowest BCUT2D eigenvalue weighted by atomic mass is 9.81. The predicted molar refractivity (Wildman–Crippen MR) is 85.3 cm³/mol. The fourth-order valence-corrected chi connectivity index (χ4v) is 4.32. The molecule has 1 saturated carbocycles. The fourth-order valence-electron chi connectivity index (χ4n) is 4.32. The van der Waals surface area contributed by atoms with E-state index < -0.39 is 6.43 Å². The monoisotopic (exact) mass is 326 g/mol. The molecule has 1 aromatic heterocycles. The van der Waals surface area contributed by atoms with E-state index in [-0.39, 0.29) is 6.54 Å². The second-order valence-electron chi connectivity index (χ2n) is 7.03. The topological polar surface area (TPSA) is 34.0 Å². The van der Waals surface area contributed by atoms with E-state index in [0.717, 1.165) is 12.5 Å². The predicted octanol–water partition coefficient (Wildman–Crippen LogP) is 3.87. The van der Waals surface area contributed by atoms with Gasteiger partial charge in [0.1, 0.15) is 18.7 Å². The van der Waals surface area contributed by atoms with Crippen LogP contribution in [0.1, 0.15) is 63.6 Å². The first kappa shape index (κ1) is 16.8. The van der Waals surface area contributed by atoms with E-state index in [1.54, 1.807) is 0 Å². The molecule has 23 heavy (non-hydrogen) atoms. The van der Waals surface area contributed by atoms with E-state index in [2.05, 4.69) is 15.0 Å². The lowest BCUT2D eigenvalue weighted by Crippen LogP contribution is -2.41. The Balaban J connectivity index is 1.70. The van der Waals surface area contributed by atoms with Crippen molar-refractivity contribution in [3.8, 4) is 0 Å². The first-order chi connectivity index (χ1) is 11.2. The molecule has 0 unspecified atom stereocenters. The maximum absolute atomic E-state index is 12.7. The molecule has 2 fully saturated rings. The van der Waals surface area contributed by atoms with Crippen LogP contribution in [0.2, 0.25) is 0 Å². The molecule has 2 aliphatic rings. The van der Waals surface area contributed by atoms with E-state index in [4.69, 9.17) is 0 Å². The van der Waals surface area contributed by atoms with Gasteiger partial charge >= 0.3 is 0 Å². The maximum Gasteiger partial charge on any atom is 0.257 e. The van der Waals surface area contributed by atoms with E-state index >= 15 is 0 Å². The van der Waals surface area contributed by atoms with Gasteiger partial charge < -0.3 is 0 Å². The molecule has 0 N–H and O–H groups in total. The normalized spacial score (nSPS) is 24.9. The highest BCUT2D eigenvalue weighted by Crippen LogP contribution is 2.33. The number of alkyl halides is 2. The summed E-state index contributed by atoms with van der Waals surface area (Å²) < 4.78 is 26.8. The number of likely N-dealkylation sites (tertiary alicyclic amines) is 1. The zero-order valence-electron chi connectivity index (χ0n) is 13.8. The van der Waals surface area contributed by atoms with Crippen molar-refractivity contribution >= 4 is 0 Å². The minimum Gasteiger partial charge on any atom is -0.293 e. The molecule has 1 aromatic rings. The van der Waals surface area contributed by atoms with Crippen molar-refractivity contribution in [2.45, 2.75) is 83.3 Å². The maximum atomic E-state index is 12.7. The van der Waals surface area contributed by atoms with Crippen molar-refractivity contribution in [3.63, 3.8) is 0 Å². The van der Waals surface area contributed by atoms with Gasteiger partial charge in [0.05, 0.1) is 6.54 Å². The van der Waals surface area contributed by atoms with Crippen molar-refractivity contribution in [2.24, 2.45) is 5.92 Å². The van der Waals surface area contributed by atoms with Crippen molar-refractivity contribution in [1.82, 2.24) is 19.7 Å². The molecule has 0 aromatic carbocycles. The van der Waals surface area contributed by atoms with Crippen LogP contribution in [0.3, 0.4) is 0 Å². The molecule has 0 radical (unpaired) electrons. The fraction of sp³-hybridized carbons (Fsp3) is 0.882. The van der Waals surface area contributed by atoms with Crippen molar-refractivity contribution in [1.29, 1.82) is 0 Å². The van der Waals surface area contributed by atoms with E-state index in [1.807, 2.05) is 0 Å². The molecular formula is C17H28F2N4. The number of hydrogen-bond donors (Lipinski definition) is 0. The summed E-state index contributed by atoms with van der Waals surface area (Å²) in [6.07, 6.45) is 10.7. The van der Waals surface area contributed by atoms with E-state index in [9.17, 15) is 8.78 Å². The highest BCUT2D eigenvalue weighted by Gasteiger charge is 2.30. The van der Waals surface area contributed by atoms with Crippen LogP contribution >= 0.6 is 0 Å². The van der Waals surface area contributed by atoms with E-state index in [0.29, 0.717) is 18.4 Å². The molecule has 1 aliphatic heterocycles. The summed E-state index contributed by atoms with van der Waals surface area (Å²) >= 11 is 0. The zero-order chi connectivity index (χ0) is 16.1. The number of nitrogens with zero attached hydrogens (tertiary/aromatic N) is 4. The van der Waals surface area contributed by atoms with Crippen LogP contribution in [0.5, 0.6) is 0 Å². The Morgan fingerprint density at radius 1 is 1.04 bits per heavy atom. The van der Waals surface area contributed by atoms with Crippen LogP contribution in [-0.2, 0) is 13.1 Å². The Morgan fingerprint density at radius 2 is 1.78 bits per heavy atom. The van der Waals surface area contributed by atoms with Gasteiger partial charge in [-0.2, -0.15) is 5.10 Å². The summed E-state index contributed by atoms with van der Waals surface area (Å²) in [7, 11) is 0. The Morgan fingerprint density at radius 3 is 2.57 bits per heavy atom. The molecule has 1 saturated heterocycles. The molecule has 0 bridgehead atoms. The standard InChI is InChI=1S/C17H28F2N4/c18-16(19)11-23-17(20-13-21-23)12-22-10-6-2-5-9-15(22)14-7-3-1-4-8-14/h13-16H,1-12H2/t15-/m0/s1. The minimum absolute atomic E-state index is 0.350. The van der Waals surface area contributed by atoms with Crippen LogP contribution in [-0.4, -0.2) is 38.7 Å². The number of rotatable bonds is 5. The molecule has 4 nitrogen and oxygen atoms in total. The molecule has 1 atom stereocenters. The van der Waals surface area contributed by atoms with Crippen LogP contribution < -0.4 is 0 Å². The molecule has 0 amide bonds. The summed E-state index contributed by atoms with van der Waals surface area (Å²) in [4.78, 5) is 6.76. The van der Waals surface area contributed by atoms with Gasteiger partial charge in [0.2, 0.25) is 0 Å². The van der Waals surface area contributed by atoms with Gasteiger partial charge in [-0.1, -0.05) is 32.1 Å². The highest BCUT2D eigenvalue weighted by atomic mass is 19.3. The molecule has 130 valence electrons. The van der Waals surface area contributed by atoms with Gasteiger partial charge in [-0.3, -0.25) is 4.90 Å². The molecule has 1 aliphatic carbocycles. The third-order valence-electron chi connectivity index (χ3n) is 5.46. The average molecular weight is 326 g/mol. The highest BCUT2D eigenvalue weighted by molar-refractivity contribution is 4.90. The Hall–Kier alpha value is -1.04. The van der Waals surface area contributed by atoms with Gasteiger partial charge in [-0.15, -0.1) is 0 Å². The number of hydrogen-bond acceptors (Lipinski definition) is 3. The first-order valence-electron chi connectivity index (χ1n) is 9.13. The van der Waals surface area contributed by atoms with E-state index in [1.165, 1.54) is 68.8 Å². The average Bonchev–Trinajstić information content (AvgIpc) is 2.83. The summed E-state index contributed by atoms with van der Waals surface area (Å²) in [5.74, 6) is 1.46.